The lowest BCUT2D eigenvalue weighted by atomic mass is 10.0. The van der Waals surface area contributed by atoms with E-state index in [0.29, 0.717) is 19.6 Å². The molecule has 0 amide bonds. The number of aryl methyl sites for hydroxylation is 2. The van der Waals surface area contributed by atoms with Crippen molar-refractivity contribution in [2.24, 2.45) is 0 Å². The average Bonchev–Trinajstić information content (AvgIpc) is 2.75. The highest BCUT2D eigenvalue weighted by atomic mass is 16.6. The van der Waals surface area contributed by atoms with Gasteiger partial charge in [0.05, 0.1) is 7.11 Å². The van der Waals surface area contributed by atoms with Crippen molar-refractivity contribution in [3.8, 4) is 11.5 Å². The molecule has 0 N–H and O–H groups in total. The van der Waals surface area contributed by atoms with Crippen molar-refractivity contribution >= 4 is 5.97 Å². The first-order chi connectivity index (χ1) is 14.5. The zero-order valence-corrected chi connectivity index (χ0v) is 18.7. The van der Waals surface area contributed by atoms with E-state index in [2.05, 4.69) is 25.1 Å². The number of benzene rings is 2. The molecule has 30 heavy (non-hydrogen) atoms. The van der Waals surface area contributed by atoms with E-state index in [1.807, 2.05) is 49.3 Å². The molecule has 5 heteroatoms. The Morgan fingerprint density at radius 1 is 1.07 bits per heavy atom. The summed E-state index contributed by atoms with van der Waals surface area (Å²) in [4.78, 5) is 14.1. The Morgan fingerprint density at radius 2 is 1.87 bits per heavy atom. The standard InChI is InChI=1S/C25H35NO4/c1-5-6-14-25(27)30-23(18-26(2)3)19-29-24-13-8-7-11-21(24)16-15-20-10-9-12-22(17-20)28-4/h7-13,17,23H,5-6,14-16,18-19H2,1-4H3/t23-/m0/s1. The zero-order chi connectivity index (χ0) is 21.8. The van der Waals surface area contributed by atoms with Crippen LogP contribution in [0.5, 0.6) is 11.5 Å². The maximum atomic E-state index is 12.1. The van der Waals surface area contributed by atoms with Gasteiger partial charge in [-0.15, -0.1) is 0 Å². The largest absolute Gasteiger partial charge is 0.497 e. The van der Waals surface area contributed by atoms with E-state index in [1.54, 1.807) is 7.11 Å². The predicted molar refractivity (Wildman–Crippen MR) is 120 cm³/mol. The van der Waals surface area contributed by atoms with Crippen molar-refractivity contribution in [2.75, 3.05) is 34.4 Å². The quantitative estimate of drug-likeness (QED) is 0.452. The monoisotopic (exact) mass is 413 g/mol. The fraction of sp³-hybridized carbons (Fsp3) is 0.480. The van der Waals surface area contributed by atoms with Gasteiger partial charge < -0.3 is 19.1 Å². The highest BCUT2D eigenvalue weighted by molar-refractivity contribution is 5.69. The number of hydrogen-bond donors (Lipinski definition) is 0. The van der Waals surface area contributed by atoms with Crippen molar-refractivity contribution in [2.45, 2.75) is 45.1 Å². The first-order valence-electron chi connectivity index (χ1n) is 10.7. The fourth-order valence-electron chi connectivity index (χ4n) is 3.24. The number of hydrogen-bond acceptors (Lipinski definition) is 5. The molecule has 0 aliphatic carbocycles. The van der Waals surface area contributed by atoms with Gasteiger partial charge in [0, 0.05) is 13.0 Å². The second-order valence-corrected chi connectivity index (χ2v) is 7.75. The Kier molecular flexibility index (Phi) is 10.2. The SMILES string of the molecule is CCCCC(=O)O[C@H](COc1ccccc1CCc1cccc(OC)c1)CN(C)C. The van der Waals surface area contributed by atoms with Crippen molar-refractivity contribution < 1.29 is 19.0 Å². The van der Waals surface area contributed by atoms with Gasteiger partial charge in [-0.1, -0.05) is 43.7 Å². The van der Waals surface area contributed by atoms with Crippen LogP contribution in [0.4, 0.5) is 0 Å². The molecular weight excluding hydrogens is 378 g/mol. The van der Waals surface area contributed by atoms with Crippen LogP contribution in [0, 0.1) is 0 Å². The number of rotatable bonds is 13. The minimum absolute atomic E-state index is 0.154. The van der Waals surface area contributed by atoms with E-state index in [0.717, 1.165) is 42.7 Å². The minimum Gasteiger partial charge on any atom is -0.497 e. The van der Waals surface area contributed by atoms with Crippen molar-refractivity contribution in [1.29, 1.82) is 0 Å². The summed E-state index contributed by atoms with van der Waals surface area (Å²) in [5, 5.41) is 0. The van der Waals surface area contributed by atoms with Gasteiger partial charge in [-0.3, -0.25) is 4.79 Å². The van der Waals surface area contributed by atoms with Gasteiger partial charge in [0.1, 0.15) is 24.2 Å². The summed E-state index contributed by atoms with van der Waals surface area (Å²) in [6.45, 7) is 3.03. The molecule has 0 aliphatic heterocycles. The van der Waals surface area contributed by atoms with Crippen LogP contribution in [-0.4, -0.2) is 51.3 Å². The van der Waals surface area contributed by atoms with Gasteiger partial charge >= 0.3 is 5.97 Å². The number of nitrogens with zero attached hydrogens (tertiary/aromatic N) is 1. The molecule has 0 saturated heterocycles. The smallest absolute Gasteiger partial charge is 0.306 e. The van der Waals surface area contributed by atoms with Crippen LogP contribution < -0.4 is 9.47 Å². The van der Waals surface area contributed by atoms with E-state index in [9.17, 15) is 4.79 Å². The first-order valence-corrected chi connectivity index (χ1v) is 10.7. The van der Waals surface area contributed by atoms with Gasteiger partial charge in [-0.25, -0.2) is 0 Å². The molecule has 0 heterocycles. The maximum Gasteiger partial charge on any atom is 0.306 e. The molecule has 2 rings (SSSR count). The molecule has 0 aliphatic rings. The molecule has 0 unspecified atom stereocenters. The van der Waals surface area contributed by atoms with Crippen LogP contribution in [0.1, 0.15) is 37.3 Å². The molecule has 0 spiro atoms. The molecule has 1 atom stereocenters. The maximum absolute atomic E-state index is 12.1. The summed E-state index contributed by atoms with van der Waals surface area (Å²) in [5.41, 5.74) is 2.36. The number of carbonyl (C=O) groups is 1. The molecular formula is C25H35NO4. The van der Waals surface area contributed by atoms with E-state index in [4.69, 9.17) is 14.2 Å². The van der Waals surface area contributed by atoms with Crippen LogP contribution in [0.25, 0.3) is 0 Å². The van der Waals surface area contributed by atoms with Crippen molar-refractivity contribution in [3.05, 3.63) is 59.7 Å². The second kappa shape index (κ2) is 12.9. The molecule has 0 radical (unpaired) electrons. The van der Waals surface area contributed by atoms with E-state index < -0.39 is 0 Å². The minimum atomic E-state index is -0.296. The lowest BCUT2D eigenvalue weighted by molar-refractivity contribution is -0.151. The Balaban J connectivity index is 1.98. The number of methoxy groups -OCH3 is 1. The Morgan fingerprint density at radius 3 is 2.60 bits per heavy atom. The summed E-state index contributed by atoms with van der Waals surface area (Å²) in [6, 6.07) is 16.2. The zero-order valence-electron chi connectivity index (χ0n) is 18.7. The molecule has 0 aromatic heterocycles. The summed E-state index contributed by atoms with van der Waals surface area (Å²) in [6.07, 6.45) is 3.74. The number of esters is 1. The lowest BCUT2D eigenvalue weighted by Crippen LogP contribution is -2.35. The normalized spacial score (nSPS) is 11.9. The summed E-state index contributed by atoms with van der Waals surface area (Å²) < 4.78 is 17.1. The topological polar surface area (TPSA) is 48.0 Å². The number of ether oxygens (including phenoxy) is 3. The van der Waals surface area contributed by atoms with E-state index in [-0.39, 0.29) is 12.1 Å². The van der Waals surface area contributed by atoms with Crippen LogP contribution in [0.15, 0.2) is 48.5 Å². The van der Waals surface area contributed by atoms with E-state index in [1.165, 1.54) is 5.56 Å². The fourth-order valence-corrected chi connectivity index (χ4v) is 3.24. The third kappa shape index (κ3) is 8.46. The Labute approximate surface area is 180 Å². The molecule has 0 saturated carbocycles. The van der Waals surface area contributed by atoms with Gasteiger partial charge in [0.15, 0.2) is 0 Å². The Bertz CT molecular complexity index is 775. The summed E-state index contributed by atoms with van der Waals surface area (Å²) >= 11 is 0. The highest BCUT2D eigenvalue weighted by Crippen LogP contribution is 2.22. The molecule has 2 aromatic carbocycles. The molecule has 164 valence electrons. The van der Waals surface area contributed by atoms with Crippen LogP contribution in [0.3, 0.4) is 0 Å². The van der Waals surface area contributed by atoms with Crippen molar-refractivity contribution in [1.82, 2.24) is 4.90 Å². The van der Waals surface area contributed by atoms with Gasteiger partial charge in [0.2, 0.25) is 0 Å². The molecule has 0 fully saturated rings. The third-order valence-corrected chi connectivity index (χ3v) is 4.82. The molecule has 0 bridgehead atoms. The first kappa shape index (κ1) is 23.7. The number of likely N-dealkylation sites (N-methyl/N-ethyl adjacent to an activating group) is 1. The molecule has 2 aromatic rings. The Hall–Kier alpha value is -2.53. The number of para-hydroxylation sites is 1. The molecule has 5 nitrogen and oxygen atoms in total. The number of unbranched alkanes of at least 4 members (excludes halogenated alkanes) is 1. The summed E-state index contributed by atoms with van der Waals surface area (Å²) in [7, 11) is 5.62. The van der Waals surface area contributed by atoms with E-state index >= 15 is 0 Å². The van der Waals surface area contributed by atoms with Crippen LogP contribution >= 0.6 is 0 Å². The van der Waals surface area contributed by atoms with Gasteiger partial charge in [-0.2, -0.15) is 0 Å². The third-order valence-electron chi connectivity index (χ3n) is 4.82. The lowest BCUT2D eigenvalue weighted by Gasteiger charge is -2.22. The van der Waals surface area contributed by atoms with Gasteiger partial charge in [0.25, 0.3) is 0 Å². The van der Waals surface area contributed by atoms with Crippen molar-refractivity contribution in [3.63, 3.8) is 0 Å². The highest BCUT2D eigenvalue weighted by Gasteiger charge is 2.17. The summed E-state index contributed by atoms with van der Waals surface area (Å²) in [5.74, 6) is 1.56. The second-order valence-electron chi connectivity index (χ2n) is 7.75. The predicted octanol–water partition coefficient (Wildman–Crippen LogP) is 4.52. The van der Waals surface area contributed by atoms with Crippen LogP contribution in [0.2, 0.25) is 0 Å². The average molecular weight is 414 g/mol. The number of carbonyl (C=O) groups excluding carboxylic acids is 1. The van der Waals surface area contributed by atoms with Gasteiger partial charge in [-0.05, 0) is 62.7 Å². The van der Waals surface area contributed by atoms with Crippen LogP contribution in [-0.2, 0) is 22.4 Å².